The molecule has 0 aliphatic rings. The van der Waals surface area contributed by atoms with E-state index in [0.717, 1.165) is 11.1 Å². The van der Waals surface area contributed by atoms with Gasteiger partial charge in [-0.1, -0.05) is 73.5 Å². The van der Waals surface area contributed by atoms with Crippen LogP contribution in [0, 0.1) is 19.8 Å². The van der Waals surface area contributed by atoms with Crippen molar-refractivity contribution in [2.75, 3.05) is 11.9 Å². The molecular weight excluding hydrogens is 490 g/mol. The van der Waals surface area contributed by atoms with Crippen molar-refractivity contribution >= 4 is 35.2 Å². The van der Waals surface area contributed by atoms with Gasteiger partial charge in [0.2, 0.25) is 5.91 Å². The van der Waals surface area contributed by atoms with Crippen molar-refractivity contribution in [1.29, 1.82) is 0 Å². The van der Waals surface area contributed by atoms with Crippen LogP contribution < -0.4 is 10.6 Å². The van der Waals surface area contributed by atoms with Crippen LogP contribution in [0.1, 0.15) is 57.4 Å². The number of ether oxygens (including phenoxy) is 1. The van der Waals surface area contributed by atoms with E-state index in [2.05, 4.69) is 17.2 Å². The standard InChI is InChI=1S/C29H38ClN3O4/c1-9-16-33(27(35)23(18(2)3)32-28(36)37-29(6,7)8)25(21-14-10-12-19(4)17-21)26(34)31-24-20(5)13-11-15-22(24)30/h9-15,17-18,23,25H,1,16H2,2-8H3,(H,31,34)(H,32,36). The summed E-state index contributed by atoms with van der Waals surface area (Å²) in [6, 6.07) is 10.8. The second-order valence-electron chi connectivity index (χ2n) is 10.4. The van der Waals surface area contributed by atoms with Gasteiger partial charge in [0, 0.05) is 6.54 Å². The third-order valence-corrected chi connectivity index (χ3v) is 5.92. The van der Waals surface area contributed by atoms with E-state index >= 15 is 0 Å². The molecule has 0 saturated heterocycles. The third-order valence-electron chi connectivity index (χ3n) is 5.60. The number of hydrogen-bond donors (Lipinski definition) is 2. The largest absolute Gasteiger partial charge is 0.444 e. The Kier molecular flexibility index (Phi) is 10.3. The highest BCUT2D eigenvalue weighted by Crippen LogP contribution is 2.30. The number of halogens is 1. The monoisotopic (exact) mass is 527 g/mol. The maximum absolute atomic E-state index is 14.0. The molecule has 3 amide bonds. The van der Waals surface area contributed by atoms with Gasteiger partial charge in [-0.3, -0.25) is 9.59 Å². The molecule has 2 aromatic carbocycles. The van der Waals surface area contributed by atoms with E-state index < -0.39 is 35.6 Å². The van der Waals surface area contributed by atoms with Gasteiger partial charge in [0.1, 0.15) is 17.7 Å². The van der Waals surface area contributed by atoms with E-state index in [1.165, 1.54) is 4.90 Å². The molecule has 0 spiro atoms. The van der Waals surface area contributed by atoms with Gasteiger partial charge in [-0.2, -0.15) is 0 Å². The average Bonchev–Trinajstić information content (AvgIpc) is 2.78. The average molecular weight is 528 g/mol. The molecular formula is C29H38ClN3O4. The fourth-order valence-corrected chi connectivity index (χ4v) is 4.15. The molecule has 0 saturated carbocycles. The Bertz CT molecular complexity index is 1120. The van der Waals surface area contributed by atoms with E-state index in [9.17, 15) is 14.4 Å². The Morgan fingerprint density at radius 3 is 2.30 bits per heavy atom. The minimum Gasteiger partial charge on any atom is -0.444 e. The predicted molar refractivity (Wildman–Crippen MR) is 149 cm³/mol. The molecule has 2 aromatic rings. The molecule has 2 unspecified atom stereocenters. The number of carbonyl (C=O) groups excluding carboxylic acids is 3. The topological polar surface area (TPSA) is 87.7 Å². The molecule has 7 nitrogen and oxygen atoms in total. The molecule has 0 aliphatic carbocycles. The summed E-state index contributed by atoms with van der Waals surface area (Å²) < 4.78 is 5.39. The maximum atomic E-state index is 14.0. The van der Waals surface area contributed by atoms with Gasteiger partial charge < -0.3 is 20.3 Å². The summed E-state index contributed by atoms with van der Waals surface area (Å²) in [6.07, 6.45) is 0.848. The summed E-state index contributed by atoms with van der Waals surface area (Å²) >= 11 is 6.38. The molecule has 2 atom stereocenters. The number of hydrogen-bond acceptors (Lipinski definition) is 4. The third kappa shape index (κ3) is 8.35. The normalized spacial score (nSPS) is 12.9. The lowest BCUT2D eigenvalue weighted by Crippen LogP contribution is -2.54. The van der Waals surface area contributed by atoms with Crippen LogP contribution >= 0.6 is 11.6 Å². The smallest absolute Gasteiger partial charge is 0.408 e. The maximum Gasteiger partial charge on any atom is 0.408 e. The van der Waals surface area contributed by atoms with Gasteiger partial charge in [0.25, 0.3) is 5.91 Å². The zero-order valence-electron chi connectivity index (χ0n) is 22.7. The van der Waals surface area contributed by atoms with Crippen LogP contribution in [-0.2, 0) is 14.3 Å². The summed E-state index contributed by atoms with van der Waals surface area (Å²) in [5, 5.41) is 6.01. The quantitative estimate of drug-likeness (QED) is 0.380. The van der Waals surface area contributed by atoms with Crippen molar-refractivity contribution in [3.8, 4) is 0 Å². The van der Waals surface area contributed by atoms with Crippen LogP contribution in [0.15, 0.2) is 55.1 Å². The lowest BCUT2D eigenvalue weighted by Gasteiger charge is -2.35. The summed E-state index contributed by atoms with van der Waals surface area (Å²) in [7, 11) is 0. The van der Waals surface area contributed by atoms with Gasteiger partial charge in [-0.05, 0) is 57.7 Å². The Morgan fingerprint density at radius 1 is 1.11 bits per heavy atom. The van der Waals surface area contributed by atoms with Gasteiger partial charge in [-0.15, -0.1) is 6.58 Å². The first-order valence-electron chi connectivity index (χ1n) is 12.3. The first kappa shape index (κ1) is 29.9. The number of alkyl carbamates (subject to hydrolysis) is 1. The van der Waals surface area contributed by atoms with Gasteiger partial charge in [0.15, 0.2) is 0 Å². The van der Waals surface area contributed by atoms with Crippen LogP contribution in [0.5, 0.6) is 0 Å². The van der Waals surface area contributed by atoms with E-state index in [-0.39, 0.29) is 12.5 Å². The fourth-order valence-electron chi connectivity index (χ4n) is 3.88. The molecule has 2 rings (SSSR count). The molecule has 37 heavy (non-hydrogen) atoms. The van der Waals surface area contributed by atoms with Crippen molar-refractivity contribution in [3.05, 3.63) is 76.8 Å². The molecule has 0 radical (unpaired) electrons. The zero-order valence-corrected chi connectivity index (χ0v) is 23.5. The number of carbonyl (C=O) groups is 3. The van der Waals surface area contributed by atoms with E-state index in [1.54, 1.807) is 45.0 Å². The summed E-state index contributed by atoms with van der Waals surface area (Å²) in [6.45, 7) is 16.5. The minimum absolute atomic E-state index is 0.0750. The minimum atomic E-state index is -1.01. The van der Waals surface area contributed by atoms with Crippen LogP contribution in [0.3, 0.4) is 0 Å². The molecule has 8 heteroatoms. The summed E-state index contributed by atoms with van der Waals surface area (Å²) in [4.78, 5) is 41.8. The number of nitrogens with zero attached hydrogens (tertiary/aromatic N) is 1. The summed E-state index contributed by atoms with van der Waals surface area (Å²) in [5.41, 5.74) is 2.09. The van der Waals surface area contributed by atoms with Crippen molar-refractivity contribution < 1.29 is 19.1 Å². The van der Waals surface area contributed by atoms with Crippen molar-refractivity contribution in [3.63, 3.8) is 0 Å². The number of benzene rings is 2. The van der Waals surface area contributed by atoms with Crippen molar-refractivity contribution in [2.45, 2.75) is 66.2 Å². The van der Waals surface area contributed by atoms with Gasteiger partial charge in [0.05, 0.1) is 10.7 Å². The highest BCUT2D eigenvalue weighted by molar-refractivity contribution is 6.34. The number of anilines is 1. The molecule has 0 aromatic heterocycles. The Balaban J connectivity index is 2.54. The fraction of sp³-hybridized carbons (Fsp3) is 0.414. The second kappa shape index (κ2) is 12.8. The first-order valence-corrected chi connectivity index (χ1v) is 12.7. The molecule has 0 fully saturated rings. The zero-order chi connectivity index (χ0) is 27.9. The number of aryl methyl sites for hydroxylation is 2. The molecule has 200 valence electrons. The lowest BCUT2D eigenvalue weighted by atomic mass is 9.97. The highest BCUT2D eigenvalue weighted by Gasteiger charge is 2.37. The molecule has 0 heterocycles. The summed E-state index contributed by atoms with van der Waals surface area (Å²) in [5.74, 6) is -1.14. The Morgan fingerprint density at radius 2 is 1.76 bits per heavy atom. The number of amides is 3. The number of rotatable bonds is 9. The Hall–Kier alpha value is -3.32. The molecule has 0 aliphatic heterocycles. The van der Waals surface area contributed by atoms with Gasteiger partial charge in [-0.25, -0.2) is 4.79 Å². The van der Waals surface area contributed by atoms with Crippen LogP contribution in [0.4, 0.5) is 10.5 Å². The first-order chi connectivity index (χ1) is 17.2. The second-order valence-corrected chi connectivity index (χ2v) is 10.8. The van der Waals surface area contributed by atoms with Gasteiger partial charge >= 0.3 is 6.09 Å². The molecule has 2 N–H and O–H groups in total. The predicted octanol–water partition coefficient (Wildman–Crippen LogP) is 6.20. The van der Waals surface area contributed by atoms with Crippen LogP contribution in [0.25, 0.3) is 0 Å². The highest BCUT2D eigenvalue weighted by atomic mass is 35.5. The van der Waals surface area contributed by atoms with E-state index in [4.69, 9.17) is 16.3 Å². The van der Waals surface area contributed by atoms with Crippen LogP contribution in [-0.4, -0.2) is 41.0 Å². The van der Waals surface area contributed by atoms with E-state index in [0.29, 0.717) is 16.3 Å². The van der Waals surface area contributed by atoms with Crippen LogP contribution in [0.2, 0.25) is 5.02 Å². The number of nitrogens with one attached hydrogen (secondary N) is 2. The lowest BCUT2D eigenvalue weighted by molar-refractivity contribution is -0.141. The Labute approximate surface area is 225 Å². The number of para-hydroxylation sites is 1. The van der Waals surface area contributed by atoms with Crippen molar-refractivity contribution in [2.24, 2.45) is 5.92 Å². The van der Waals surface area contributed by atoms with Crippen molar-refractivity contribution in [1.82, 2.24) is 10.2 Å². The SMILES string of the molecule is C=CCN(C(=O)C(NC(=O)OC(C)(C)C)C(C)C)C(C(=O)Nc1c(C)cccc1Cl)c1cccc(C)c1. The molecule has 0 bridgehead atoms. The van der Waals surface area contributed by atoms with E-state index in [1.807, 2.05) is 52.0 Å².